The molecule has 1 atom stereocenters. The molecule has 0 saturated carbocycles. The molecule has 0 radical (unpaired) electrons. The van der Waals surface area contributed by atoms with Crippen LogP contribution in [0, 0.1) is 0 Å². The lowest BCUT2D eigenvalue weighted by atomic mass is 10.2. The van der Waals surface area contributed by atoms with Crippen LogP contribution in [0.3, 0.4) is 0 Å². The van der Waals surface area contributed by atoms with E-state index in [0.29, 0.717) is 12.2 Å². The van der Waals surface area contributed by atoms with Crippen molar-refractivity contribution >= 4 is 34.8 Å². The minimum Gasteiger partial charge on any atom is -0.444 e. The maximum Gasteiger partial charge on any atom is 0.407 e. The van der Waals surface area contributed by atoms with Crippen LogP contribution in [-0.4, -0.2) is 41.0 Å². The standard InChI is InChI=1S/C15H20N4O2S/c1-15(2,3)21-14(20)18-11-5-7-19(9-11)13-4-6-16-8-12(13)17-10-22/h4,6,8,11H,5,7,9H2,1-3H3,(H,18,20)/t11-/m0/s1. The fourth-order valence-electron chi connectivity index (χ4n) is 2.35. The molecule has 0 aliphatic carbocycles. The maximum atomic E-state index is 11.8. The molecule has 1 aromatic rings. The highest BCUT2D eigenvalue weighted by Crippen LogP contribution is 2.29. The first kappa shape index (κ1) is 16.4. The number of pyridine rings is 1. The molecule has 0 spiro atoms. The molecule has 1 N–H and O–H groups in total. The molecule has 1 saturated heterocycles. The van der Waals surface area contributed by atoms with E-state index in [9.17, 15) is 4.79 Å². The first-order valence-corrected chi connectivity index (χ1v) is 7.56. The van der Waals surface area contributed by atoms with Gasteiger partial charge in [0.2, 0.25) is 0 Å². The van der Waals surface area contributed by atoms with Crippen LogP contribution in [0.15, 0.2) is 23.5 Å². The molecular formula is C15H20N4O2S. The van der Waals surface area contributed by atoms with E-state index >= 15 is 0 Å². The fourth-order valence-corrected chi connectivity index (χ4v) is 2.45. The van der Waals surface area contributed by atoms with Crippen LogP contribution in [0.1, 0.15) is 27.2 Å². The molecule has 1 amide bonds. The zero-order chi connectivity index (χ0) is 16.2. The van der Waals surface area contributed by atoms with Gasteiger partial charge in [-0.3, -0.25) is 4.98 Å². The highest BCUT2D eigenvalue weighted by atomic mass is 32.1. The Hall–Kier alpha value is -1.98. The third-order valence-corrected chi connectivity index (χ3v) is 3.28. The molecule has 1 fully saturated rings. The van der Waals surface area contributed by atoms with Gasteiger partial charge in [0.05, 0.1) is 23.1 Å². The van der Waals surface area contributed by atoms with E-state index in [1.807, 2.05) is 26.8 Å². The van der Waals surface area contributed by atoms with Crippen LogP contribution >= 0.6 is 12.2 Å². The number of aromatic nitrogens is 1. The summed E-state index contributed by atoms with van der Waals surface area (Å²) in [5.74, 6) is 0. The molecule has 0 bridgehead atoms. The van der Waals surface area contributed by atoms with Crippen molar-refractivity contribution in [3.8, 4) is 0 Å². The molecule has 6 nitrogen and oxygen atoms in total. The van der Waals surface area contributed by atoms with Gasteiger partial charge in [-0.25, -0.2) is 4.79 Å². The van der Waals surface area contributed by atoms with Crippen LogP contribution in [0.5, 0.6) is 0 Å². The van der Waals surface area contributed by atoms with Gasteiger partial charge in [0.15, 0.2) is 0 Å². The summed E-state index contributed by atoms with van der Waals surface area (Å²) < 4.78 is 5.28. The fraction of sp³-hybridized carbons (Fsp3) is 0.533. The number of nitrogens with one attached hydrogen (secondary N) is 1. The zero-order valence-electron chi connectivity index (χ0n) is 13.0. The summed E-state index contributed by atoms with van der Waals surface area (Å²) in [6.45, 7) is 7.06. The smallest absolute Gasteiger partial charge is 0.407 e. The quantitative estimate of drug-likeness (QED) is 0.685. The van der Waals surface area contributed by atoms with Gasteiger partial charge < -0.3 is 15.0 Å². The number of isothiocyanates is 1. The molecule has 118 valence electrons. The summed E-state index contributed by atoms with van der Waals surface area (Å²) in [6.07, 6.45) is 3.84. The Kier molecular flexibility index (Phi) is 5.11. The van der Waals surface area contributed by atoms with Crippen LogP contribution in [-0.2, 0) is 4.74 Å². The van der Waals surface area contributed by atoms with E-state index in [4.69, 9.17) is 4.74 Å². The Labute approximate surface area is 135 Å². The first-order chi connectivity index (χ1) is 10.4. The normalized spacial score (nSPS) is 17.8. The molecule has 7 heteroatoms. The van der Waals surface area contributed by atoms with Crippen molar-refractivity contribution in [2.45, 2.75) is 38.8 Å². The van der Waals surface area contributed by atoms with Gasteiger partial charge in [-0.05, 0) is 45.5 Å². The van der Waals surface area contributed by atoms with Crippen molar-refractivity contribution < 1.29 is 9.53 Å². The first-order valence-electron chi connectivity index (χ1n) is 7.15. The number of hydrogen-bond acceptors (Lipinski definition) is 6. The predicted molar refractivity (Wildman–Crippen MR) is 88.9 cm³/mol. The predicted octanol–water partition coefficient (Wildman–Crippen LogP) is 2.92. The number of ether oxygens (including phenoxy) is 1. The number of hydrogen-bond donors (Lipinski definition) is 1. The van der Waals surface area contributed by atoms with Crippen molar-refractivity contribution in [2.75, 3.05) is 18.0 Å². The summed E-state index contributed by atoms with van der Waals surface area (Å²) in [5.41, 5.74) is 1.14. The van der Waals surface area contributed by atoms with Gasteiger partial charge in [-0.2, -0.15) is 4.99 Å². The van der Waals surface area contributed by atoms with E-state index < -0.39 is 5.60 Å². The van der Waals surface area contributed by atoms with Crippen LogP contribution in [0.25, 0.3) is 0 Å². The van der Waals surface area contributed by atoms with E-state index in [-0.39, 0.29) is 12.1 Å². The van der Waals surface area contributed by atoms with Gasteiger partial charge in [0.1, 0.15) is 11.3 Å². The number of anilines is 1. The Morgan fingerprint density at radius 1 is 1.59 bits per heavy atom. The number of rotatable bonds is 3. The van der Waals surface area contributed by atoms with E-state index in [1.165, 1.54) is 0 Å². The topological polar surface area (TPSA) is 66.8 Å². The van der Waals surface area contributed by atoms with Crippen molar-refractivity contribution in [3.63, 3.8) is 0 Å². The summed E-state index contributed by atoms with van der Waals surface area (Å²) in [5, 5.41) is 5.27. The number of carbonyl (C=O) groups is 1. The van der Waals surface area contributed by atoms with Crippen LogP contribution in [0.4, 0.5) is 16.2 Å². The van der Waals surface area contributed by atoms with Gasteiger partial charge >= 0.3 is 6.09 Å². The number of thiocarbonyl (C=S) groups is 1. The third kappa shape index (κ3) is 4.51. The molecule has 22 heavy (non-hydrogen) atoms. The van der Waals surface area contributed by atoms with Crippen molar-refractivity contribution in [3.05, 3.63) is 18.5 Å². The second kappa shape index (κ2) is 6.85. The van der Waals surface area contributed by atoms with Crippen LogP contribution in [0.2, 0.25) is 0 Å². The second-order valence-corrected chi connectivity index (χ2v) is 6.33. The Bertz CT molecular complexity index is 593. The maximum absolute atomic E-state index is 11.8. The lowest BCUT2D eigenvalue weighted by molar-refractivity contribution is 0.0509. The minimum absolute atomic E-state index is 0.0485. The van der Waals surface area contributed by atoms with Gasteiger partial charge in [-0.1, -0.05) is 0 Å². The Morgan fingerprint density at radius 3 is 3.05 bits per heavy atom. The number of alkyl carbamates (subject to hydrolysis) is 1. The van der Waals surface area contributed by atoms with Crippen LogP contribution < -0.4 is 10.2 Å². The lowest BCUT2D eigenvalue weighted by Gasteiger charge is -2.22. The SMILES string of the molecule is CC(C)(C)OC(=O)N[C@H]1CCN(c2ccncc2N=C=S)C1. The van der Waals surface area contributed by atoms with E-state index in [1.54, 1.807) is 12.4 Å². The number of aliphatic imine (C=N–C) groups is 1. The molecule has 1 aliphatic heterocycles. The monoisotopic (exact) mass is 320 g/mol. The molecule has 0 aromatic carbocycles. The highest BCUT2D eigenvalue weighted by molar-refractivity contribution is 7.78. The van der Waals surface area contributed by atoms with Gasteiger partial charge in [-0.15, -0.1) is 0 Å². The van der Waals surface area contributed by atoms with Crippen molar-refractivity contribution in [2.24, 2.45) is 4.99 Å². The zero-order valence-corrected chi connectivity index (χ0v) is 13.8. The van der Waals surface area contributed by atoms with E-state index in [0.717, 1.165) is 18.7 Å². The molecule has 1 aromatic heterocycles. The number of nitrogens with zero attached hydrogens (tertiary/aromatic N) is 3. The van der Waals surface area contributed by atoms with Crippen molar-refractivity contribution in [1.29, 1.82) is 0 Å². The molecule has 2 heterocycles. The number of amides is 1. The summed E-state index contributed by atoms with van der Waals surface area (Å²) in [6, 6.07) is 1.94. The number of carbonyl (C=O) groups excluding carboxylic acids is 1. The summed E-state index contributed by atoms with van der Waals surface area (Å²) in [7, 11) is 0. The molecule has 0 unspecified atom stereocenters. The van der Waals surface area contributed by atoms with Gasteiger partial charge in [0, 0.05) is 19.3 Å². The largest absolute Gasteiger partial charge is 0.444 e. The molecule has 1 aliphatic rings. The molecule has 2 rings (SSSR count). The van der Waals surface area contributed by atoms with E-state index in [2.05, 4.69) is 37.6 Å². The minimum atomic E-state index is -0.491. The molecular weight excluding hydrogens is 300 g/mol. The lowest BCUT2D eigenvalue weighted by Crippen LogP contribution is -2.40. The van der Waals surface area contributed by atoms with Crippen molar-refractivity contribution in [1.82, 2.24) is 10.3 Å². The third-order valence-electron chi connectivity index (χ3n) is 3.19. The van der Waals surface area contributed by atoms with Gasteiger partial charge in [0.25, 0.3) is 0 Å². The summed E-state index contributed by atoms with van der Waals surface area (Å²) in [4.78, 5) is 22.1. The highest BCUT2D eigenvalue weighted by Gasteiger charge is 2.27. The Balaban J connectivity index is 1.99. The second-order valence-electron chi connectivity index (χ2n) is 6.15. The average Bonchev–Trinajstić information content (AvgIpc) is 2.85. The Morgan fingerprint density at radius 2 is 2.36 bits per heavy atom. The average molecular weight is 320 g/mol. The summed E-state index contributed by atoms with van der Waals surface area (Å²) >= 11 is 4.66.